The number of hydrogen-bond donors (Lipinski definition) is 1. The van der Waals surface area contributed by atoms with Crippen molar-refractivity contribution in [3.05, 3.63) is 35.0 Å². The van der Waals surface area contributed by atoms with Gasteiger partial charge in [0.15, 0.2) is 0 Å². The first-order valence-corrected chi connectivity index (χ1v) is 5.92. The molecular formula is C14H14ClNO. The number of aliphatic hydroxyl groups is 1. The minimum atomic E-state index is 0.0462. The molecule has 1 N–H and O–H groups in total. The molecular weight excluding hydrogens is 234 g/mol. The quantitative estimate of drug-likeness (QED) is 0.828. The van der Waals surface area contributed by atoms with Gasteiger partial charge in [0.2, 0.25) is 0 Å². The Hall–Kier alpha value is -1.43. The molecule has 3 heteroatoms. The number of aryl methyl sites for hydroxylation is 1. The highest BCUT2D eigenvalue weighted by Crippen LogP contribution is 2.25. The normalized spacial score (nSPS) is 10.3. The molecule has 0 radical (unpaired) electrons. The van der Waals surface area contributed by atoms with Crippen molar-refractivity contribution in [2.75, 3.05) is 0 Å². The summed E-state index contributed by atoms with van der Waals surface area (Å²) in [6, 6.07) is 5.72. The zero-order valence-electron chi connectivity index (χ0n) is 9.70. The van der Waals surface area contributed by atoms with E-state index in [4.69, 9.17) is 11.6 Å². The van der Waals surface area contributed by atoms with Crippen LogP contribution in [0.4, 0.5) is 0 Å². The van der Waals surface area contributed by atoms with Crippen LogP contribution in [0.5, 0.6) is 0 Å². The maximum Gasteiger partial charge on any atom is 0.0702 e. The van der Waals surface area contributed by atoms with E-state index in [9.17, 15) is 5.11 Å². The molecule has 0 spiro atoms. The zero-order valence-corrected chi connectivity index (χ0v) is 10.5. The molecule has 1 aromatic heterocycles. The van der Waals surface area contributed by atoms with E-state index >= 15 is 0 Å². The Bertz CT molecular complexity index is 589. The lowest BCUT2D eigenvalue weighted by Gasteiger charge is -2.02. The molecule has 0 aliphatic carbocycles. The first-order chi connectivity index (χ1) is 8.26. The van der Waals surface area contributed by atoms with Crippen LogP contribution in [-0.2, 0) is 13.2 Å². The number of rotatable bonds is 3. The van der Waals surface area contributed by atoms with E-state index in [-0.39, 0.29) is 6.61 Å². The van der Waals surface area contributed by atoms with Crippen LogP contribution < -0.4 is 0 Å². The summed E-state index contributed by atoms with van der Waals surface area (Å²) in [5.74, 6) is 5.92. The van der Waals surface area contributed by atoms with Crippen LogP contribution in [0.2, 0.25) is 5.02 Å². The second kappa shape index (κ2) is 5.27. The number of halogens is 1. The van der Waals surface area contributed by atoms with Gasteiger partial charge in [-0.1, -0.05) is 17.7 Å². The summed E-state index contributed by atoms with van der Waals surface area (Å²) in [5.41, 5.74) is 1.99. The van der Waals surface area contributed by atoms with Gasteiger partial charge < -0.3 is 9.67 Å². The van der Waals surface area contributed by atoms with Crippen molar-refractivity contribution in [2.24, 2.45) is 0 Å². The lowest BCUT2D eigenvalue weighted by molar-refractivity contribution is 0.283. The standard InChI is InChI=1S/C14H14ClNO/c1-2-3-4-7-16-9-11(10-17)13-6-5-12(15)8-14(13)16/h5-6,8-9,17H,4,7,10H2,1H3. The first-order valence-electron chi connectivity index (χ1n) is 5.54. The molecule has 0 saturated carbocycles. The van der Waals surface area contributed by atoms with Crippen molar-refractivity contribution < 1.29 is 5.11 Å². The number of aliphatic hydroxyl groups excluding tert-OH is 1. The van der Waals surface area contributed by atoms with E-state index in [1.807, 2.05) is 31.3 Å². The summed E-state index contributed by atoms with van der Waals surface area (Å²) >= 11 is 6.00. The van der Waals surface area contributed by atoms with E-state index in [2.05, 4.69) is 16.4 Å². The third kappa shape index (κ3) is 2.46. The van der Waals surface area contributed by atoms with Crippen molar-refractivity contribution in [3.8, 4) is 11.8 Å². The van der Waals surface area contributed by atoms with Crippen LogP contribution in [0.25, 0.3) is 10.9 Å². The van der Waals surface area contributed by atoms with Gasteiger partial charge in [-0.3, -0.25) is 0 Å². The molecule has 0 saturated heterocycles. The highest BCUT2D eigenvalue weighted by molar-refractivity contribution is 6.31. The fourth-order valence-corrected chi connectivity index (χ4v) is 2.12. The molecule has 0 unspecified atom stereocenters. The highest BCUT2D eigenvalue weighted by atomic mass is 35.5. The van der Waals surface area contributed by atoms with Gasteiger partial charge in [-0.15, -0.1) is 11.8 Å². The van der Waals surface area contributed by atoms with E-state index in [1.165, 1.54) is 0 Å². The molecule has 0 fully saturated rings. The van der Waals surface area contributed by atoms with Crippen molar-refractivity contribution in [3.63, 3.8) is 0 Å². The van der Waals surface area contributed by atoms with Gasteiger partial charge in [-0.2, -0.15) is 0 Å². The van der Waals surface area contributed by atoms with Crippen LogP contribution >= 0.6 is 11.6 Å². The second-order valence-corrected chi connectivity index (χ2v) is 4.28. The summed E-state index contributed by atoms with van der Waals surface area (Å²) in [5, 5.41) is 11.1. The molecule has 2 rings (SSSR count). The van der Waals surface area contributed by atoms with E-state index in [0.29, 0.717) is 5.02 Å². The first kappa shape index (κ1) is 12.0. The van der Waals surface area contributed by atoms with Gasteiger partial charge in [0.1, 0.15) is 0 Å². The maximum absolute atomic E-state index is 9.32. The van der Waals surface area contributed by atoms with Gasteiger partial charge in [-0.05, 0) is 19.1 Å². The Morgan fingerprint density at radius 1 is 1.41 bits per heavy atom. The van der Waals surface area contributed by atoms with E-state index < -0.39 is 0 Å². The molecule has 0 bridgehead atoms. The molecule has 2 aromatic rings. The number of nitrogens with zero attached hydrogens (tertiary/aromatic N) is 1. The van der Waals surface area contributed by atoms with Gasteiger partial charge >= 0.3 is 0 Å². The lowest BCUT2D eigenvalue weighted by atomic mass is 10.2. The van der Waals surface area contributed by atoms with Gasteiger partial charge in [0, 0.05) is 40.7 Å². The minimum Gasteiger partial charge on any atom is -0.392 e. The largest absolute Gasteiger partial charge is 0.392 e. The summed E-state index contributed by atoms with van der Waals surface area (Å²) in [7, 11) is 0. The molecule has 1 aromatic carbocycles. The van der Waals surface area contributed by atoms with Crippen LogP contribution in [0.1, 0.15) is 18.9 Å². The molecule has 0 atom stereocenters. The molecule has 17 heavy (non-hydrogen) atoms. The average Bonchev–Trinajstić information content (AvgIpc) is 2.67. The second-order valence-electron chi connectivity index (χ2n) is 3.84. The monoisotopic (exact) mass is 247 g/mol. The third-order valence-electron chi connectivity index (χ3n) is 2.75. The highest BCUT2D eigenvalue weighted by Gasteiger charge is 2.07. The van der Waals surface area contributed by atoms with Crippen molar-refractivity contribution in [2.45, 2.75) is 26.5 Å². The maximum atomic E-state index is 9.32. The fraction of sp³-hybridized carbons (Fsp3) is 0.286. The smallest absolute Gasteiger partial charge is 0.0702 e. The number of aromatic nitrogens is 1. The molecule has 0 amide bonds. The van der Waals surface area contributed by atoms with E-state index in [0.717, 1.165) is 29.4 Å². The van der Waals surface area contributed by atoms with Crippen LogP contribution in [0.15, 0.2) is 24.4 Å². The number of hydrogen-bond acceptors (Lipinski definition) is 1. The van der Waals surface area contributed by atoms with Crippen LogP contribution in [-0.4, -0.2) is 9.67 Å². The fourth-order valence-electron chi connectivity index (χ4n) is 1.95. The topological polar surface area (TPSA) is 25.2 Å². The lowest BCUT2D eigenvalue weighted by Crippen LogP contribution is -1.94. The predicted molar refractivity (Wildman–Crippen MR) is 70.9 cm³/mol. The SMILES string of the molecule is CC#CCCn1cc(CO)c2ccc(Cl)cc21. The van der Waals surface area contributed by atoms with Crippen molar-refractivity contribution in [1.29, 1.82) is 0 Å². The number of fused-ring (bicyclic) bond motifs is 1. The van der Waals surface area contributed by atoms with Crippen molar-refractivity contribution in [1.82, 2.24) is 4.57 Å². The Balaban J connectivity index is 2.45. The molecule has 2 nitrogen and oxygen atoms in total. The Morgan fingerprint density at radius 2 is 2.24 bits per heavy atom. The molecule has 1 heterocycles. The van der Waals surface area contributed by atoms with Crippen LogP contribution in [0, 0.1) is 11.8 Å². The Morgan fingerprint density at radius 3 is 2.94 bits per heavy atom. The van der Waals surface area contributed by atoms with Crippen molar-refractivity contribution >= 4 is 22.5 Å². The number of benzene rings is 1. The summed E-state index contributed by atoms with van der Waals surface area (Å²) in [6.07, 6.45) is 2.77. The summed E-state index contributed by atoms with van der Waals surface area (Å²) in [6.45, 7) is 2.70. The predicted octanol–water partition coefficient (Wildman–Crippen LogP) is 3.20. The summed E-state index contributed by atoms with van der Waals surface area (Å²) in [4.78, 5) is 0. The minimum absolute atomic E-state index is 0.0462. The van der Waals surface area contributed by atoms with Crippen LogP contribution in [0.3, 0.4) is 0 Å². The average molecular weight is 248 g/mol. The zero-order chi connectivity index (χ0) is 12.3. The third-order valence-corrected chi connectivity index (χ3v) is 2.99. The molecule has 0 aliphatic rings. The van der Waals surface area contributed by atoms with Gasteiger partial charge in [0.25, 0.3) is 0 Å². The molecule has 0 aliphatic heterocycles. The Kier molecular flexibility index (Phi) is 3.73. The summed E-state index contributed by atoms with van der Waals surface area (Å²) < 4.78 is 2.09. The van der Waals surface area contributed by atoms with E-state index in [1.54, 1.807) is 0 Å². The van der Waals surface area contributed by atoms with Gasteiger partial charge in [0.05, 0.1) is 6.61 Å². The van der Waals surface area contributed by atoms with Gasteiger partial charge in [-0.25, -0.2) is 0 Å². The molecule has 88 valence electrons. The Labute approximate surface area is 106 Å².